The zero-order valence-electron chi connectivity index (χ0n) is 13.3. The molecule has 0 radical (unpaired) electrons. The van der Waals surface area contributed by atoms with Gasteiger partial charge in [-0.3, -0.25) is 14.8 Å². The molecule has 1 N–H and O–H groups in total. The van der Waals surface area contributed by atoms with Crippen molar-refractivity contribution in [2.45, 2.75) is 26.8 Å². The third-order valence-electron chi connectivity index (χ3n) is 3.44. The van der Waals surface area contributed by atoms with Crippen LogP contribution in [-0.4, -0.2) is 20.7 Å². The maximum Gasteiger partial charge on any atom is 0.277 e. The molecule has 0 saturated carbocycles. The van der Waals surface area contributed by atoms with Gasteiger partial charge in [-0.05, 0) is 26.8 Å². The van der Waals surface area contributed by atoms with E-state index in [0.717, 1.165) is 17.0 Å². The Morgan fingerprint density at radius 3 is 2.65 bits per heavy atom. The number of aryl methyl sites for hydroxylation is 1. The van der Waals surface area contributed by atoms with E-state index in [0.29, 0.717) is 10.8 Å². The first kappa shape index (κ1) is 15.4. The van der Waals surface area contributed by atoms with E-state index in [1.54, 1.807) is 6.07 Å². The van der Waals surface area contributed by atoms with Crippen LogP contribution in [0.3, 0.4) is 0 Å². The summed E-state index contributed by atoms with van der Waals surface area (Å²) in [5.74, 6) is -0.235. The van der Waals surface area contributed by atoms with E-state index in [1.807, 2.05) is 61.2 Å². The van der Waals surface area contributed by atoms with Crippen molar-refractivity contribution in [1.82, 2.24) is 14.8 Å². The molecule has 0 aliphatic carbocycles. The molecule has 0 fully saturated rings. The van der Waals surface area contributed by atoms with Crippen molar-refractivity contribution in [3.05, 3.63) is 53.2 Å². The van der Waals surface area contributed by atoms with Gasteiger partial charge in [0.1, 0.15) is 0 Å². The number of hydrogen-bond donors (Lipinski definition) is 1. The maximum atomic E-state index is 12.3. The van der Waals surface area contributed by atoms with Crippen molar-refractivity contribution < 1.29 is 4.79 Å². The quantitative estimate of drug-likeness (QED) is 0.783. The number of hydrogen-bond acceptors (Lipinski definition) is 4. The van der Waals surface area contributed by atoms with Crippen LogP contribution in [-0.2, 0) is 0 Å². The highest BCUT2D eigenvalue weighted by molar-refractivity contribution is 7.14. The fraction of sp³-hybridized carbons (Fsp3) is 0.235. The SMILES string of the molecule is Cc1cc(C(=O)Nc2nc(-c3ccccc3)cs2)nn1C(C)C. The molecule has 0 atom stereocenters. The van der Waals surface area contributed by atoms with Gasteiger partial charge in [0.15, 0.2) is 10.8 Å². The summed E-state index contributed by atoms with van der Waals surface area (Å²) in [7, 11) is 0. The number of anilines is 1. The average molecular weight is 326 g/mol. The van der Waals surface area contributed by atoms with Gasteiger partial charge in [-0.1, -0.05) is 30.3 Å². The van der Waals surface area contributed by atoms with Crippen LogP contribution in [0.5, 0.6) is 0 Å². The molecule has 3 aromatic rings. The molecule has 1 amide bonds. The third-order valence-corrected chi connectivity index (χ3v) is 4.20. The summed E-state index contributed by atoms with van der Waals surface area (Å²) in [6.45, 7) is 6.02. The molecular weight excluding hydrogens is 308 g/mol. The minimum atomic E-state index is -0.235. The van der Waals surface area contributed by atoms with Gasteiger partial charge in [-0.2, -0.15) is 5.10 Å². The predicted molar refractivity (Wildman–Crippen MR) is 92.9 cm³/mol. The molecular formula is C17H18N4OS. The fourth-order valence-electron chi connectivity index (χ4n) is 2.36. The Labute approximate surface area is 139 Å². The molecule has 6 heteroatoms. The Balaban J connectivity index is 1.76. The van der Waals surface area contributed by atoms with Gasteiger partial charge in [-0.25, -0.2) is 4.98 Å². The molecule has 0 aliphatic heterocycles. The number of benzene rings is 1. The summed E-state index contributed by atoms with van der Waals surface area (Å²) in [6, 6.07) is 11.9. The van der Waals surface area contributed by atoms with Gasteiger partial charge >= 0.3 is 0 Å². The Morgan fingerprint density at radius 1 is 1.26 bits per heavy atom. The molecule has 0 saturated heterocycles. The number of aromatic nitrogens is 3. The van der Waals surface area contributed by atoms with Crippen molar-refractivity contribution in [2.75, 3.05) is 5.32 Å². The molecule has 0 bridgehead atoms. The first-order valence-electron chi connectivity index (χ1n) is 7.43. The van der Waals surface area contributed by atoms with E-state index in [4.69, 9.17) is 0 Å². The number of carbonyl (C=O) groups is 1. The van der Waals surface area contributed by atoms with Gasteiger partial charge in [0.2, 0.25) is 0 Å². The summed E-state index contributed by atoms with van der Waals surface area (Å²) in [6.07, 6.45) is 0. The van der Waals surface area contributed by atoms with E-state index >= 15 is 0 Å². The molecule has 2 aromatic heterocycles. The molecule has 5 nitrogen and oxygen atoms in total. The lowest BCUT2D eigenvalue weighted by Gasteiger charge is -2.06. The molecule has 118 valence electrons. The van der Waals surface area contributed by atoms with Gasteiger partial charge in [-0.15, -0.1) is 11.3 Å². The van der Waals surface area contributed by atoms with Crippen LogP contribution in [0.25, 0.3) is 11.3 Å². The molecule has 0 spiro atoms. The van der Waals surface area contributed by atoms with Gasteiger partial charge < -0.3 is 0 Å². The fourth-order valence-corrected chi connectivity index (χ4v) is 3.07. The van der Waals surface area contributed by atoms with Crippen LogP contribution >= 0.6 is 11.3 Å². The minimum Gasteiger partial charge on any atom is -0.296 e. The number of amides is 1. The number of nitrogens with one attached hydrogen (secondary N) is 1. The van der Waals surface area contributed by atoms with Gasteiger partial charge in [0.25, 0.3) is 5.91 Å². The molecule has 0 unspecified atom stereocenters. The van der Waals surface area contributed by atoms with Crippen molar-refractivity contribution in [2.24, 2.45) is 0 Å². The zero-order valence-corrected chi connectivity index (χ0v) is 14.1. The van der Waals surface area contributed by atoms with Crippen LogP contribution in [0.15, 0.2) is 41.8 Å². The van der Waals surface area contributed by atoms with Crippen LogP contribution in [0.2, 0.25) is 0 Å². The summed E-state index contributed by atoms with van der Waals surface area (Å²) < 4.78 is 1.84. The number of nitrogens with zero attached hydrogens (tertiary/aromatic N) is 3. The van der Waals surface area contributed by atoms with E-state index in [2.05, 4.69) is 15.4 Å². The van der Waals surface area contributed by atoms with Gasteiger partial charge in [0.05, 0.1) is 5.69 Å². The summed E-state index contributed by atoms with van der Waals surface area (Å²) in [4.78, 5) is 16.8. The number of rotatable bonds is 4. The monoisotopic (exact) mass is 326 g/mol. The van der Waals surface area contributed by atoms with Crippen LogP contribution in [0.1, 0.15) is 36.1 Å². The Kier molecular flexibility index (Phi) is 4.25. The zero-order chi connectivity index (χ0) is 16.4. The lowest BCUT2D eigenvalue weighted by atomic mass is 10.2. The third kappa shape index (κ3) is 3.32. The molecule has 3 rings (SSSR count). The van der Waals surface area contributed by atoms with Crippen molar-refractivity contribution in [3.8, 4) is 11.3 Å². The second kappa shape index (κ2) is 6.34. The standard InChI is InChI=1S/C17H18N4OS/c1-11(2)21-12(3)9-14(20-21)16(22)19-17-18-15(10-23-17)13-7-5-4-6-8-13/h4-11H,1-3H3,(H,18,19,22). The van der Waals surface area contributed by atoms with Crippen molar-refractivity contribution in [3.63, 3.8) is 0 Å². The Hall–Kier alpha value is -2.47. The van der Waals surface area contributed by atoms with E-state index in [-0.39, 0.29) is 11.9 Å². The summed E-state index contributed by atoms with van der Waals surface area (Å²) >= 11 is 1.41. The Morgan fingerprint density at radius 2 is 2.00 bits per heavy atom. The first-order valence-corrected chi connectivity index (χ1v) is 8.31. The van der Waals surface area contributed by atoms with Crippen molar-refractivity contribution >= 4 is 22.4 Å². The maximum absolute atomic E-state index is 12.3. The van der Waals surface area contributed by atoms with E-state index in [1.165, 1.54) is 11.3 Å². The summed E-state index contributed by atoms with van der Waals surface area (Å²) in [5.41, 5.74) is 3.26. The first-order chi connectivity index (χ1) is 11.0. The molecule has 0 aliphatic rings. The van der Waals surface area contributed by atoms with Gasteiger partial charge in [0, 0.05) is 22.7 Å². The Bertz CT molecular complexity index is 820. The molecule has 2 heterocycles. The number of carbonyl (C=O) groups excluding carboxylic acids is 1. The summed E-state index contributed by atoms with van der Waals surface area (Å²) in [5, 5.41) is 9.68. The van der Waals surface area contributed by atoms with Crippen LogP contribution in [0, 0.1) is 6.92 Å². The van der Waals surface area contributed by atoms with E-state index < -0.39 is 0 Å². The molecule has 23 heavy (non-hydrogen) atoms. The lowest BCUT2D eigenvalue weighted by molar-refractivity contribution is 0.102. The predicted octanol–water partition coefficient (Wildman–Crippen LogP) is 4.15. The second-order valence-corrected chi connectivity index (χ2v) is 6.43. The minimum absolute atomic E-state index is 0.223. The highest BCUT2D eigenvalue weighted by atomic mass is 32.1. The smallest absolute Gasteiger partial charge is 0.277 e. The lowest BCUT2D eigenvalue weighted by Crippen LogP contribution is -2.13. The van der Waals surface area contributed by atoms with E-state index in [9.17, 15) is 4.79 Å². The van der Waals surface area contributed by atoms with Crippen molar-refractivity contribution in [1.29, 1.82) is 0 Å². The molecule has 1 aromatic carbocycles. The number of thiazole rings is 1. The average Bonchev–Trinajstić information content (AvgIpc) is 3.15. The highest BCUT2D eigenvalue weighted by Crippen LogP contribution is 2.25. The topological polar surface area (TPSA) is 59.8 Å². The largest absolute Gasteiger partial charge is 0.296 e. The van der Waals surface area contributed by atoms with Crippen LogP contribution in [0.4, 0.5) is 5.13 Å². The highest BCUT2D eigenvalue weighted by Gasteiger charge is 2.15. The van der Waals surface area contributed by atoms with Crippen LogP contribution < -0.4 is 5.32 Å². The normalized spacial score (nSPS) is 11.0. The second-order valence-electron chi connectivity index (χ2n) is 5.57.